The molecule has 0 radical (unpaired) electrons. The Kier molecular flexibility index (Phi) is 5.64. The number of aromatic nitrogens is 3. The predicted molar refractivity (Wildman–Crippen MR) is 113 cm³/mol. The Labute approximate surface area is 179 Å². The lowest BCUT2D eigenvalue weighted by Crippen LogP contribution is -2.04. The molecule has 0 atom stereocenters. The van der Waals surface area contributed by atoms with Crippen molar-refractivity contribution in [3.63, 3.8) is 0 Å². The van der Waals surface area contributed by atoms with Gasteiger partial charge in [0.05, 0.1) is 19.6 Å². The Hall–Kier alpha value is -3.40. The monoisotopic (exact) mass is 446 g/mol. The number of anilines is 1. The van der Waals surface area contributed by atoms with E-state index < -0.39 is 11.1 Å². The molecule has 0 fully saturated rings. The van der Waals surface area contributed by atoms with Crippen molar-refractivity contribution < 1.29 is 22.6 Å². The number of benzene rings is 1. The molecular weight excluding hydrogens is 429 g/mol. The number of alkyl halides is 3. The van der Waals surface area contributed by atoms with E-state index >= 15 is 0 Å². The molecule has 3 heterocycles. The molecule has 0 bridgehead atoms. The lowest BCUT2D eigenvalue weighted by molar-refractivity contribution is -0.134. The third kappa shape index (κ3) is 4.38. The van der Waals surface area contributed by atoms with Crippen LogP contribution < -0.4 is 14.8 Å². The summed E-state index contributed by atoms with van der Waals surface area (Å²) in [6.45, 7) is 0.311. The van der Waals surface area contributed by atoms with Gasteiger partial charge in [-0.15, -0.1) is 11.3 Å². The van der Waals surface area contributed by atoms with Crippen molar-refractivity contribution in [2.75, 3.05) is 19.5 Å². The normalized spacial score (nSPS) is 11.5. The van der Waals surface area contributed by atoms with Crippen molar-refractivity contribution in [1.29, 1.82) is 0 Å². The first kappa shape index (κ1) is 20.9. The molecule has 31 heavy (non-hydrogen) atoms. The summed E-state index contributed by atoms with van der Waals surface area (Å²) in [4.78, 5) is 12.5. The molecule has 4 rings (SSSR count). The van der Waals surface area contributed by atoms with Crippen LogP contribution >= 0.6 is 11.3 Å². The van der Waals surface area contributed by atoms with Gasteiger partial charge < -0.3 is 14.8 Å². The maximum atomic E-state index is 13.3. The maximum Gasteiger partial charge on any atom is 0.425 e. The molecule has 160 valence electrons. The van der Waals surface area contributed by atoms with Gasteiger partial charge in [0.25, 0.3) is 0 Å². The second kappa shape index (κ2) is 8.38. The van der Waals surface area contributed by atoms with Gasteiger partial charge >= 0.3 is 6.18 Å². The number of halogens is 3. The van der Waals surface area contributed by atoms with E-state index in [4.69, 9.17) is 9.47 Å². The molecule has 0 aliphatic heterocycles. The van der Waals surface area contributed by atoms with Gasteiger partial charge in [-0.3, -0.25) is 4.98 Å². The second-order valence-electron chi connectivity index (χ2n) is 6.48. The van der Waals surface area contributed by atoms with Crippen LogP contribution in [0.5, 0.6) is 11.5 Å². The zero-order chi connectivity index (χ0) is 22.0. The zero-order valence-electron chi connectivity index (χ0n) is 16.5. The fourth-order valence-electron chi connectivity index (χ4n) is 2.98. The highest BCUT2D eigenvalue weighted by Gasteiger charge is 2.33. The Balaban J connectivity index is 1.73. The average Bonchev–Trinajstić information content (AvgIpc) is 3.23. The van der Waals surface area contributed by atoms with Crippen molar-refractivity contribution in [3.8, 4) is 23.0 Å². The van der Waals surface area contributed by atoms with Crippen molar-refractivity contribution in [1.82, 2.24) is 15.0 Å². The number of rotatable bonds is 6. The lowest BCUT2D eigenvalue weighted by Gasteiger charge is -2.12. The highest BCUT2D eigenvalue weighted by Crippen LogP contribution is 2.40. The van der Waals surface area contributed by atoms with Crippen molar-refractivity contribution in [2.45, 2.75) is 12.7 Å². The minimum Gasteiger partial charge on any atom is -0.493 e. The van der Waals surface area contributed by atoms with Crippen LogP contribution in [0.3, 0.4) is 0 Å². The molecule has 0 spiro atoms. The van der Waals surface area contributed by atoms with Gasteiger partial charge in [-0.05, 0) is 35.9 Å². The van der Waals surface area contributed by atoms with E-state index in [0.29, 0.717) is 46.3 Å². The molecule has 6 nitrogen and oxygen atoms in total. The molecule has 0 amide bonds. The summed E-state index contributed by atoms with van der Waals surface area (Å²) in [5.74, 6) is 1.69. The molecule has 4 aromatic rings. The van der Waals surface area contributed by atoms with E-state index in [0.717, 1.165) is 11.6 Å². The van der Waals surface area contributed by atoms with Crippen LogP contribution in [0, 0.1) is 0 Å². The summed E-state index contributed by atoms with van der Waals surface area (Å²) >= 11 is 0.579. The molecule has 0 aliphatic carbocycles. The summed E-state index contributed by atoms with van der Waals surface area (Å²) < 4.78 is 50.4. The first-order chi connectivity index (χ1) is 14.9. The first-order valence-electron chi connectivity index (χ1n) is 9.14. The molecule has 0 aliphatic rings. The molecule has 10 heteroatoms. The summed E-state index contributed by atoms with van der Waals surface area (Å²) in [5.41, 5.74) is 1.32. The van der Waals surface area contributed by atoms with Gasteiger partial charge in [-0.1, -0.05) is 12.1 Å². The van der Waals surface area contributed by atoms with Crippen LogP contribution in [0.1, 0.15) is 10.4 Å². The summed E-state index contributed by atoms with van der Waals surface area (Å²) in [6.07, 6.45) is -2.88. The van der Waals surface area contributed by atoms with Crippen LogP contribution in [-0.4, -0.2) is 29.2 Å². The van der Waals surface area contributed by atoms with Crippen LogP contribution in [-0.2, 0) is 12.7 Å². The molecular formula is C21H17F3N4O2S. The van der Waals surface area contributed by atoms with Gasteiger partial charge in [0, 0.05) is 12.7 Å². The molecule has 0 unspecified atom stereocenters. The molecule has 0 saturated carbocycles. The van der Waals surface area contributed by atoms with Crippen LogP contribution in [0.4, 0.5) is 19.0 Å². The van der Waals surface area contributed by atoms with E-state index in [2.05, 4.69) is 20.3 Å². The van der Waals surface area contributed by atoms with Crippen LogP contribution in [0.15, 0.2) is 48.7 Å². The van der Waals surface area contributed by atoms with Crippen molar-refractivity contribution >= 4 is 27.4 Å². The number of pyridine rings is 1. The SMILES string of the molecule is COc1ccc(CNc2nc(-c3ccccn3)nc3sc(C(F)(F)F)cc23)cc1OC. The highest BCUT2D eigenvalue weighted by molar-refractivity contribution is 7.18. The number of nitrogens with zero attached hydrogens (tertiary/aromatic N) is 3. The largest absolute Gasteiger partial charge is 0.493 e. The Morgan fingerprint density at radius 3 is 2.48 bits per heavy atom. The van der Waals surface area contributed by atoms with E-state index in [1.54, 1.807) is 43.6 Å². The third-order valence-electron chi connectivity index (χ3n) is 4.47. The van der Waals surface area contributed by atoms with Crippen molar-refractivity contribution in [3.05, 3.63) is 59.1 Å². The highest BCUT2D eigenvalue weighted by atomic mass is 32.1. The van der Waals surface area contributed by atoms with E-state index in [1.807, 2.05) is 6.07 Å². The van der Waals surface area contributed by atoms with Gasteiger partial charge in [0.1, 0.15) is 21.2 Å². The van der Waals surface area contributed by atoms with Gasteiger partial charge in [-0.2, -0.15) is 13.2 Å². The van der Waals surface area contributed by atoms with E-state index in [9.17, 15) is 13.2 Å². The Morgan fingerprint density at radius 1 is 1.00 bits per heavy atom. The quantitative estimate of drug-likeness (QED) is 0.428. The fourth-order valence-corrected chi connectivity index (χ4v) is 3.88. The number of hydrogen-bond donors (Lipinski definition) is 1. The number of ether oxygens (including phenoxy) is 2. The fraction of sp³-hybridized carbons (Fsp3) is 0.190. The standard InChI is InChI=1S/C21H17F3N4O2S/c1-29-15-7-6-12(9-16(15)30-2)11-26-18-13-10-17(21(22,23)24)31-20(13)28-19(27-18)14-5-3-4-8-25-14/h3-10H,11H2,1-2H3,(H,26,27,28). The van der Waals surface area contributed by atoms with Crippen molar-refractivity contribution in [2.24, 2.45) is 0 Å². The number of methoxy groups -OCH3 is 2. The van der Waals surface area contributed by atoms with Crippen LogP contribution in [0.2, 0.25) is 0 Å². The topological polar surface area (TPSA) is 69.2 Å². The van der Waals surface area contributed by atoms with E-state index in [1.165, 1.54) is 7.11 Å². The third-order valence-corrected chi connectivity index (χ3v) is 5.55. The van der Waals surface area contributed by atoms with Gasteiger partial charge in [0.15, 0.2) is 17.3 Å². The molecule has 1 aromatic carbocycles. The molecule has 3 aromatic heterocycles. The maximum absolute atomic E-state index is 13.3. The Bertz CT molecular complexity index is 1210. The minimum absolute atomic E-state index is 0.234. The second-order valence-corrected chi connectivity index (χ2v) is 7.51. The van der Waals surface area contributed by atoms with Gasteiger partial charge in [-0.25, -0.2) is 9.97 Å². The zero-order valence-corrected chi connectivity index (χ0v) is 17.3. The van der Waals surface area contributed by atoms with Gasteiger partial charge in [0.2, 0.25) is 0 Å². The molecule has 1 N–H and O–H groups in total. The van der Waals surface area contributed by atoms with E-state index in [-0.39, 0.29) is 10.7 Å². The number of hydrogen-bond acceptors (Lipinski definition) is 7. The predicted octanol–water partition coefficient (Wildman–Crippen LogP) is 5.40. The van der Waals surface area contributed by atoms with Crippen LogP contribution in [0.25, 0.3) is 21.7 Å². The Morgan fingerprint density at radius 2 is 1.81 bits per heavy atom. The summed E-state index contributed by atoms with van der Waals surface area (Å²) in [6, 6.07) is 11.7. The summed E-state index contributed by atoms with van der Waals surface area (Å²) in [7, 11) is 3.08. The lowest BCUT2D eigenvalue weighted by atomic mass is 10.2. The number of nitrogens with one attached hydrogen (secondary N) is 1. The molecule has 0 saturated heterocycles. The summed E-state index contributed by atoms with van der Waals surface area (Å²) in [5, 5.41) is 3.43. The average molecular weight is 446 g/mol. The smallest absolute Gasteiger partial charge is 0.425 e. The first-order valence-corrected chi connectivity index (χ1v) is 9.95. The number of fused-ring (bicyclic) bond motifs is 1. The minimum atomic E-state index is -4.46. The number of thiophene rings is 1.